The quantitative estimate of drug-likeness (QED) is 0.667. The number of rotatable bonds is 2. The molecule has 3 aromatic rings. The van der Waals surface area contributed by atoms with Gasteiger partial charge in [-0.15, -0.1) is 11.3 Å². The first-order valence-electron chi connectivity index (χ1n) is 10.4. The van der Waals surface area contributed by atoms with E-state index in [1.54, 1.807) is 36.7 Å². The van der Waals surface area contributed by atoms with Crippen LogP contribution >= 0.6 is 11.3 Å². The number of pyridine rings is 2. The Labute approximate surface area is 184 Å². The van der Waals surface area contributed by atoms with E-state index in [4.69, 9.17) is 10.5 Å². The monoisotopic (exact) mass is 436 g/mol. The second-order valence-electron chi connectivity index (χ2n) is 8.14. The van der Waals surface area contributed by atoms with Gasteiger partial charge in [0.1, 0.15) is 5.82 Å². The van der Waals surface area contributed by atoms with Gasteiger partial charge in [-0.1, -0.05) is 6.07 Å². The molecule has 0 saturated carbocycles. The number of carbonyl (C=O) groups is 1. The van der Waals surface area contributed by atoms with Gasteiger partial charge in [-0.3, -0.25) is 9.59 Å². The zero-order valence-electron chi connectivity index (χ0n) is 17.3. The molecule has 0 aliphatic carbocycles. The fourth-order valence-electron chi connectivity index (χ4n) is 4.48. The van der Waals surface area contributed by atoms with Crippen LogP contribution in [0.4, 0.5) is 5.82 Å². The lowest BCUT2D eigenvalue weighted by Gasteiger charge is -2.44. The number of nitrogen functional groups attached to an aromatic ring is 1. The minimum Gasteiger partial charge on any atom is -0.384 e. The molecule has 160 valence electrons. The molecule has 1 saturated heterocycles. The molecule has 2 N–H and O–H groups in total. The van der Waals surface area contributed by atoms with Gasteiger partial charge in [-0.2, -0.15) is 0 Å². The van der Waals surface area contributed by atoms with E-state index in [9.17, 15) is 9.59 Å². The molecule has 0 atom stereocenters. The molecule has 8 heteroatoms. The summed E-state index contributed by atoms with van der Waals surface area (Å²) in [6.45, 7) is 1.87. The number of likely N-dealkylation sites (tertiary alicyclic amines) is 1. The van der Waals surface area contributed by atoms with E-state index < -0.39 is 0 Å². The summed E-state index contributed by atoms with van der Waals surface area (Å²) in [5, 5.41) is 0. The van der Waals surface area contributed by atoms with Crippen molar-refractivity contribution in [3.05, 3.63) is 69.0 Å². The highest BCUT2D eigenvalue weighted by Gasteiger charge is 2.43. The van der Waals surface area contributed by atoms with Crippen molar-refractivity contribution < 1.29 is 9.53 Å². The summed E-state index contributed by atoms with van der Waals surface area (Å²) in [5.74, 6) is 0.413. The number of hydrogen-bond acceptors (Lipinski definition) is 6. The second-order valence-corrected chi connectivity index (χ2v) is 9.28. The van der Waals surface area contributed by atoms with Gasteiger partial charge < -0.3 is 19.9 Å². The first kappa shape index (κ1) is 20.0. The molecule has 31 heavy (non-hydrogen) atoms. The number of thiophene rings is 1. The first-order chi connectivity index (χ1) is 14.9. The number of anilines is 1. The van der Waals surface area contributed by atoms with Crippen molar-refractivity contribution >= 4 is 23.1 Å². The normalized spacial score (nSPS) is 17.5. The number of hydrogen-bond donors (Lipinski definition) is 1. The average Bonchev–Trinajstić information content (AvgIpc) is 3.22. The Bertz CT molecular complexity index is 1210. The summed E-state index contributed by atoms with van der Waals surface area (Å²) in [6.07, 6.45) is 3.99. The van der Waals surface area contributed by atoms with Crippen LogP contribution < -0.4 is 11.3 Å². The molecule has 0 bridgehead atoms. The molecule has 0 unspecified atom stereocenters. The van der Waals surface area contributed by atoms with Crippen LogP contribution in [0.3, 0.4) is 0 Å². The third-order valence-electron chi connectivity index (χ3n) is 6.24. The number of ether oxygens (including phenoxy) is 1. The van der Waals surface area contributed by atoms with E-state index >= 15 is 0 Å². The molecule has 1 fully saturated rings. The topological polar surface area (TPSA) is 90.4 Å². The van der Waals surface area contributed by atoms with Crippen LogP contribution in [-0.2, 0) is 23.8 Å². The van der Waals surface area contributed by atoms with Crippen LogP contribution in [0.15, 0.2) is 47.4 Å². The van der Waals surface area contributed by atoms with Crippen molar-refractivity contribution in [2.45, 2.75) is 24.9 Å². The van der Waals surface area contributed by atoms with Crippen molar-refractivity contribution in [3.63, 3.8) is 0 Å². The van der Waals surface area contributed by atoms with Crippen molar-refractivity contribution in [3.8, 4) is 10.6 Å². The highest BCUT2D eigenvalue weighted by Crippen LogP contribution is 2.46. The second kappa shape index (κ2) is 7.62. The van der Waals surface area contributed by atoms with Crippen LogP contribution in [0.25, 0.3) is 10.6 Å². The standard InChI is InChI=1S/C23H24N4O3S/c1-26-9-5-15(13-21(26)28)22(29)27-10-7-23(8-11-27)16-14-19(31-18(16)6-12-30-23)17-3-2-4-20(24)25-17/h2-5,9,13-14H,6-8,10-12H2,1H3,(H2,24,25). The number of amides is 1. The molecule has 5 heterocycles. The SMILES string of the molecule is Cn1ccc(C(=O)N2CCC3(CC2)OCCc2sc(-c4cccc(N)n4)cc23)cc1=O. The molecule has 2 aliphatic heterocycles. The Morgan fingerprint density at radius 2 is 2.03 bits per heavy atom. The lowest BCUT2D eigenvalue weighted by molar-refractivity contribution is -0.0926. The molecule has 5 rings (SSSR count). The van der Waals surface area contributed by atoms with Crippen LogP contribution in [0.1, 0.15) is 33.6 Å². The molecular formula is C23H24N4O3S. The third-order valence-corrected chi connectivity index (χ3v) is 7.46. The lowest BCUT2D eigenvalue weighted by Crippen LogP contribution is -2.48. The maximum atomic E-state index is 12.9. The van der Waals surface area contributed by atoms with Crippen molar-refractivity contribution in [1.29, 1.82) is 0 Å². The Hall–Kier alpha value is -2.97. The van der Waals surface area contributed by atoms with Crippen LogP contribution in [0.5, 0.6) is 0 Å². The molecule has 1 amide bonds. The van der Waals surface area contributed by atoms with Crippen LogP contribution in [0, 0.1) is 0 Å². The minimum absolute atomic E-state index is 0.0986. The Balaban J connectivity index is 1.38. The molecule has 3 aromatic heterocycles. The number of fused-ring (bicyclic) bond motifs is 2. The Kier molecular flexibility index (Phi) is 4.91. The summed E-state index contributed by atoms with van der Waals surface area (Å²) in [4.78, 5) is 33.5. The van der Waals surface area contributed by atoms with Gasteiger partial charge in [0.25, 0.3) is 11.5 Å². The number of nitrogens with zero attached hydrogens (tertiary/aromatic N) is 3. The molecular weight excluding hydrogens is 412 g/mol. The van der Waals surface area contributed by atoms with Gasteiger partial charge in [0.05, 0.1) is 22.8 Å². The zero-order valence-corrected chi connectivity index (χ0v) is 18.2. The predicted octanol–water partition coefficient (Wildman–Crippen LogP) is 2.80. The Morgan fingerprint density at radius 1 is 1.23 bits per heavy atom. The van der Waals surface area contributed by atoms with E-state index in [1.165, 1.54) is 21.1 Å². The van der Waals surface area contributed by atoms with E-state index in [0.29, 0.717) is 31.1 Å². The smallest absolute Gasteiger partial charge is 0.254 e. The highest BCUT2D eigenvalue weighted by molar-refractivity contribution is 7.15. The first-order valence-corrected chi connectivity index (χ1v) is 11.2. The lowest BCUT2D eigenvalue weighted by atomic mass is 9.82. The molecule has 2 aliphatic rings. The number of carbonyl (C=O) groups excluding carboxylic acids is 1. The largest absolute Gasteiger partial charge is 0.384 e. The van der Waals surface area contributed by atoms with Crippen LogP contribution in [0.2, 0.25) is 0 Å². The zero-order chi connectivity index (χ0) is 21.6. The van der Waals surface area contributed by atoms with E-state index in [0.717, 1.165) is 29.8 Å². The van der Waals surface area contributed by atoms with Crippen LogP contribution in [-0.4, -0.2) is 40.1 Å². The van der Waals surface area contributed by atoms with Gasteiger partial charge in [-0.25, -0.2) is 4.98 Å². The number of piperidine rings is 1. The van der Waals surface area contributed by atoms with E-state index in [1.807, 2.05) is 17.0 Å². The minimum atomic E-state index is -0.369. The highest BCUT2D eigenvalue weighted by atomic mass is 32.1. The van der Waals surface area contributed by atoms with Crippen molar-refractivity contribution in [1.82, 2.24) is 14.5 Å². The van der Waals surface area contributed by atoms with E-state index in [2.05, 4.69) is 11.1 Å². The van der Waals surface area contributed by atoms with Gasteiger partial charge in [0.2, 0.25) is 0 Å². The fraction of sp³-hybridized carbons (Fsp3) is 0.348. The molecule has 7 nitrogen and oxygen atoms in total. The number of nitrogens with two attached hydrogens (primary N) is 1. The van der Waals surface area contributed by atoms with Gasteiger partial charge >= 0.3 is 0 Å². The molecule has 0 aromatic carbocycles. The maximum absolute atomic E-state index is 12.9. The summed E-state index contributed by atoms with van der Waals surface area (Å²) in [5.41, 5.74) is 7.87. The summed E-state index contributed by atoms with van der Waals surface area (Å²) < 4.78 is 7.81. The molecule has 1 spiro atoms. The van der Waals surface area contributed by atoms with Crippen molar-refractivity contribution in [2.24, 2.45) is 7.05 Å². The number of aromatic nitrogens is 2. The predicted molar refractivity (Wildman–Crippen MR) is 120 cm³/mol. The van der Waals surface area contributed by atoms with Gasteiger partial charge in [0.15, 0.2) is 0 Å². The summed E-state index contributed by atoms with van der Waals surface area (Å²) in [7, 11) is 1.67. The van der Waals surface area contributed by atoms with E-state index in [-0.39, 0.29) is 17.1 Å². The summed E-state index contributed by atoms with van der Waals surface area (Å²) in [6, 6.07) is 11.0. The Morgan fingerprint density at radius 3 is 2.77 bits per heavy atom. The average molecular weight is 437 g/mol. The summed E-state index contributed by atoms with van der Waals surface area (Å²) >= 11 is 1.76. The maximum Gasteiger partial charge on any atom is 0.254 e. The molecule has 0 radical (unpaired) electrons. The van der Waals surface area contributed by atoms with Crippen molar-refractivity contribution in [2.75, 3.05) is 25.4 Å². The number of aryl methyl sites for hydroxylation is 1. The van der Waals surface area contributed by atoms with Gasteiger partial charge in [0, 0.05) is 49.3 Å². The fourth-order valence-corrected chi connectivity index (χ4v) is 5.68. The van der Waals surface area contributed by atoms with Gasteiger partial charge in [-0.05, 0) is 42.7 Å². The third kappa shape index (κ3) is 3.55.